The van der Waals surface area contributed by atoms with Gasteiger partial charge in [0.15, 0.2) is 11.7 Å². The van der Waals surface area contributed by atoms with E-state index in [-0.39, 0.29) is 24.0 Å². The second kappa shape index (κ2) is 10.6. The molecular weight excluding hydrogens is 439 g/mol. The lowest BCUT2D eigenvalue weighted by atomic mass is 10.1. The van der Waals surface area contributed by atoms with E-state index in [4.69, 9.17) is 16.1 Å². The first-order valence-corrected chi connectivity index (χ1v) is 8.19. The highest BCUT2D eigenvalue weighted by Crippen LogP contribution is 2.16. The standard InChI is InChI=1S/C17H23ClN4O.HI/c1-4-19-17(20-10-13-7-5-6-8-15(13)18)21-11-14-9-16(12(2)3)22-23-14;/h5-9,12H,4,10-11H2,1-3H3,(H2,19,20,21);1H. The molecule has 1 aromatic heterocycles. The van der Waals surface area contributed by atoms with Gasteiger partial charge in [-0.2, -0.15) is 0 Å². The maximum Gasteiger partial charge on any atom is 0.191 e. The highest BCUT2D eigenvalue weighted by molar-refractivity contribution is 14.0. The van der Waals surface area contributed by atoms with E-state index in [2.05, 4.69) is 34.6 Å². The summed E-state index contributed by atoms with van der Waals surface area (Å²) in [7, 11) is 0. The Morgan fingerprint density at radius 1 is 1.29 bits per heavy atom. The zero-order chi connectivity index (χ0) is 16.7. The van der Waals surface area contributed by atoms with E-state index < -0.39 is 0 Å². The summed E-state index contributed by atoms with van der Waals surface area (Å²) in [6, 6.07) is 9.68. The predicted octanol–water partition coefficient (Wildman–Crippen LogP) is 4.32. The first-order valence-electron chi connectivity index (χ1n) is 7.81. The molecule has 1 heterocycles. The van der Waals surface area contributed by atoms with Gasteiger partial charge in [0.1, 0.15) is 0 Å². The molecule has 0 aliphatic heterocycles. The predicted molar refractivity (Wildman–Crippen MR) is 109 cm³/mol. The second-order valence-electron chi connectivity index (χ2n) is 5.51. The van der Waals surface area contributed by atoms with E-state index in [0.29, 0.717) is 19.0 Å². The third-order valence-corrected chi connectivity index (χ3v) is 3.68. The fraction of sp³-hybridized carbons (Fsp3) is 0.412. The molecule has 0 bridgehead atoms. The number of halogens is 2. The third-order valence-electron chi connectivity index (χ3n) is 3.31. The average Bonchev–Trinajstić information content (AvgIpc) is 3.00. The van der Waals surface area contributed by atoms with Crippen LogP contribution in [0.2, 0.25) is 5.02 Å². The Balaban J connectivity index is 0.00000288. The summed E-state index contributed by atoms with van der Waals surface area (Å²) < 4.78 is 5.32. The average molecular weight is 463 g/mol. The molecule has 0 saturated carbocycles. The van der Waals surface area contributed by atoms with Gasteiger partial charge in [-0.05, 0) is 24.5 Å². The number of guanidine groups is 1. The summed E-state index contributed by atoms with van der Waals surface area (Å²) >= 11 is 6.16. The van der Waals surface area contributed by atoms with Crippen molar-refractivity contribution in [1.82, 2.24) is 15.8 Å². The van der Waals surface area contributed by atoms with Crippen molar-refractivity contribution >= 4 is 41.5 Å². The van der Waals surface area contributed by atoms with Crippen LogP contribution in [0.4, 0.5) is 0 Å². The maximum absolute atomic E-state index is 6.16. The van der Waals surface area contributed by atoms with Gasteiger partial charge in [0.25, 0.3) is 0 Å². The quantitative estimate of drug-likeness (QED) is 0.381. The monoisotopic (exact) mass is 462 g/mol. The van der Waals surface area contributed by atoms with Crippen LogP contribution in [0.5, 0.6) is 0 Å². The molecule has 24 heavy (non-hydrogen) atoms. The number of hydrogen-bond donors (Lipinski definition) is 2. The SMILES string of the molecule is CCNC(=NCc1ccccc1Cl)NCc1cc(C(C)C)no1.I. The topological polar surface area (TPSA) is 62.5 Å². The summed E-state index contributed by atoms with van der Waals surface area (Å²) in [6.07, 6.45) is 0. The number of nitrogens with zero attached hydrogens (tertiary/aromatic N) is 2. The lowest BCUT2D eigenvalue weighted by Crippen LogP contribution is -2.36. The van der Waals surface area contributed by atoms with E-state index >= 15 is 0 Å². The van der Waals surface area contributed by atoms with E-state index in [1.165, 1.54) is 0 Å². The van der Waals surface area contributed by atoms with Crippen LogP contribution in [0.25, 0.3) is 0 Å². The minimum Gasteiger partial charge on any atom is -0.359 e. The summed E-state index contributed by atoms with van der Waals surface area (Å²) in [6.45, 7) is 8.03. The highest BCUT2D eigenvalue weighted by Gasteiger charge is 2.08. The number of benzene rings is 1. The fourth-order valence-electron chi connectivity index (χ4n) is 1.99. The van der Waals surface area contributed by atoms with Crippen LogP contribution in [0.3, 0.4) is 0 Å². The van der Waals surface area contributed by atoms with E-state index in [1.807, 2.05) is 37.3 Å². The van der Waals surface area contributed by atoms with E-state index in [0.717, 1.165) is 34.5 Å². The van der Waals surface area contributed by atoms with Crippen LogP contribution in [0.15, 0.2) is 39.8 Å². The zero-order valence-corrected chi connectivity index (χ0v) is 17.3. The number of hydrogen-bond acceptors (Lipinski definition) is 3. The van der Waals surface area contributed by atoms with Gasteiger partial charge in [0.05, 0.1) is 18.8 Å². The van der Waals surface area contributed by atoms with Gasteiger partial charge >= 0.3 is 0 Å². The van der Waals surface area contributed by atoms with Gasteiger partial charge in [0, 0.05) is 17.6 Å². The summed E-state index contributed by atoms with van der Waals surface area (Å²) in [5.41, 5.74) is 1.95. The van der Waals surface area contributed by atoms with Crippen molar-refractivity contribution in [3.8, 4) is 0 Å². The molecule has 132 valence electrons. The molecule has 0 unspecified atom stereocenters. The van der Waals surface area contributed by atoms with Gasteiger partial charge in [-0.15, -0.1) is 24.0 Å². The van der Waals surface area contributed by atoms with E-state index in [1.54, 1.807) is 0 Å². The molecule has 2 N–H and O–H groups in total. The fourth-order valence-corrected chi connectivity index (χ4v) is 2.18. The molecule has 0 saturated heterocycles. The van der Waals surface area contributed by atoms with Gasteiger partial charge in [-0.1, -0.05) is 48.8 Å². The van der Waals surface area contributed by atoms with Gasteiger partial charge in [-0.25, -0.2) is 4.99 Å². The Morgan fingerprint density at radius 2 is 2.04 bits per heavy atom. The first-order chi connectivity index (χ1) is 11.1. The highest BCUT2D eigenvalue weighted by atomic mass is 127. The van der Waals surface area contributed by atoms with Crippen LogP contribution in [-0.2, 0) is 13.1 Å². The molecule has 5 nitrogen and oxygen atoms in total. The van der Waals surface area contributed by atoms with Gasteiger partial charge < -0.3 is 15.2 Å². The molecule has 0 fully saturated rings. The molecule has 0 aliphatic rings. The van der Waals surface area contributed by atoms with Crippen molar-refractivity contribution in [1.29, 1.82) is 0 Å². The third kappa shape index (κ3) is 6.32. The minimum absolute atomic E-state index is 0. The van der Waals surface area contributed by atoms with Crippen LogP contribution >= 0.6 is 35.6 Å². The normalized spacial score (nSPS) is 11.3. The first kappa shape index (κ1) is 20.8. The zero-order valence-electron chi connectivity index (χ0n) is 14.2. The molecule has 0 spiro atoms. The van der Waals surface area contributed by atoms with Crippen LogP contribution in [0.1, 0.15) is 43.7 Å². The maximum atomic E-state index is 6.16. The largest absolute Gasteiger partial charge is 0.359 e. The summed E-state index contributed by atoms with van der Waals surface area (Å²) in [5.74, 6) is 1.86. The molecule has 0 aliphatic carbocycles. The molecule has 0 atom stereocenters. The van der Waals surface area contributed by atoms with Gasteiger partial charge in [0.2, 0.25) is 0 Å². The number of nitrogens with one attached hydrogen (secondary N) is 2. The van der Waals surface area contributed by atoms with Crippen molar-refractivity contribution in [2.24, 2.45) is 4.99 Å². The number of rotatable bonds is 6. The molecule has 0 radical (unpaired) electrons. The number of aliphatic imine (C=N–C) groups is 1. The van der Waals surface area contributed by atoms with Crippen LogP contribution in [-0.4, -0.2) is 17.7 Å². The minimum atomic E-state index is 0. The van der Waals surface area contributed by atoms with E-state index in [9.17, 15) is 0 Å². The van der Waals surface area contributed by atoms with Crippen molar-refractivity contribution in [3.63, 3.8) is 0 Å². The molecule has 0 amide bonds. The molecule has 7 heteroatoms. The van der Waals surface area contributed by atoms with Crippen molar-refractivity contribution in [3.05, 3.63) is 52.4 Å². The molecule has 2 aromatic rings. The van der Waals surface area contributed by atoms with Gasteiger partial charge in [-0.3, -0.25) is 0 Å². The summed E-state index contributed by atoms with van der Waals surface area (Å²) in [5, 5.41) is 11.2. The Morgan fingerprint density at radius 3 is 2.67 bits per heavy atom. The molecule has 2 rings (SSSR count). The lowest BCUT2D eigenvalue weighted by molar-refractivity contribution is 0.372. The Kier molecular flexibility index (Phi) is 9.13. The molecule has 1 aromatic carbocycles. The Bertz CT molecular complexity index is 658. The second-order valence-corrected chi connectivity index (χ2v) is 5.92. The smallest absolute Gasteiger partial charge is 0.191 e. The molecular formula is C17H24ClIN4O. The summed E-state index contributed by atoms with van der Waals surface area (Å²) in [4.78, 5) is 4.55. The van der Waals surface area contributed by atoms with Crippen molar-refractivity contribution < 1.29 is 4.52 Å². The van der Waals surface area contributed by atoms with Crippen molar-refractivity contribution in [2.75, 3.05) is 6.54 Å². The number of aromatic nitrogens is 1. The Labute approximate surface area is 165 Å². The Hall–Kier alpha value is -1.28. The van der Waals surface area contributed by atoms with Crippen LogP contribution in [0, 0.1) is 0 Å². The lowest BCUT2D eigenvalue weighted by Gasteiger charge is -2.10. The van der Waals surface area contributed by atoms with Crippen molar-refractivity contribution in [2.45, 2.75) is 39.8 Å². The van der Waals surface area contributed by atoms with Crippen LogP contribution < -0.4 is 10.6 Å².